The van der Waals surface area contributed by atoms with Gasteiger partial charge < -0.3 is 9.32 Å². The number of hydrogen-bond acceptors (Lipinski definition) is 5. The number of benzene rings is 12. The molecule has 2 aliphatic rings. The summed E-state index contributed by atoms with van der Waals surface area (Å²) in [5, 5.41) is 7.88. The third-order valence-corrected chi connectivity index (χ3v) is 17.9. The Bertz CT molecular complexity index is 4950. The third-order valence-electron chi connectivity index (χ3n) is 16.7. The lowest BCUT2D eigenvalue weighted by molar-refractivity contribution is 0.669. The number of anilines is 3. The topological polar surface area (TPSA) is 42.2 Å². The molecule has 3 heterocycles. The normalized spacial score (nSPS) is 13.0. The first-order valence-electron chi connectivity index (χ1n) is 26.6. The Morgan fingerprint density at radius 1 is 0.372 bits per heavy atom. The maximum absolute atomic E-state index is 6.97. The van der Waals surface area contributed by atoms with Crippen molar-refractivity contribution in [3.05, 3.63) is 283 Å². The molecule has 0 aliphatic heterocycles. The van der Waals surface area contributed by atoms with Crippen LogP contribution in [0, 0.1) is 0 Å². The van der Waals surface area contributed by atoms with Crippen molar-refractivity contribution in [2.24, 2.45) is 0 Å². The van der Waals surface area contributed by atoms with E-state index in [1.165, 1.54) is 64.7 Å². The summed E-state index contributed by atoms with van der Waals surface area (Å²) >= 11 is 1.85. The van der Waals surface area contributed by atoms with Gasteiger partial charge in [0.25, 0.3) is 0 Å². The van der Waals surface area contributed by atoms with E-state index in [0.717, 1.165) is 88.6 Å². The molecule has 5 heteroatoms. The molecule has 3 aromatic heterocycles. The van der Waals surface area contributed by atoms with Crippen LogP contribution in [0.3, 0.4) is 0 Å². The van der Waals surface area contributed by atoms with Gasteiger partial charge in [-0.1, -0.05) is 194 Å². The molecule has 0 bridgehead atoms. The van der Waals surface area contributed by atoms with Crippen molar-refractivity contribution in [1.29, 1.82) is 0 Å². The van der Waals surface area contributed by atoms with Gasteiger partial charge in [0.2, 0.25) is 0 Å². The SMILES string of the molecule is c1ccc(-c2cc3c(cc2N(c2ccc4c(c2)oc2ccc(-c5nc(-c6ccccc6)c6c(ccc7ccccc76)n5)cc24)c2cccc4c2sc2ccccc24)C2(c4ccccc4-c4ccccc42)c2ccccc2-3)cc1. The van der Waals surface area contributed by atoms with Crippen LogP contribution in [-0.4, -0.2) is 9.97 Å². The largest absolute Gasteiger partial charge is 0.456 e. The lowest BCUT2D eigenvalue weighted by Crippen LogP contribution is -2.26. The molecule has 12 aromatic carbocycles. The summed E-state index contributed by atoms with van der Waals surface area (Å²) in [4.78, 5) is 13.2. The molecule has 0 fully saturated rings. The molecule has 0 radical (unpaired) electrons. The Morgan fingerprint density at radius 3 is 1.79 bits per heavy atom. The first kappa shape index (κ1) is 43.3. The van der Waals surface area contributed by atoms with Crippen molar-refractivity contribution in [1.82, 2.24) is 9.97 Å². The number of thiophene rings is 1. The molecule has 15 aromatic rings. The fraction of sp³-hybridized carbons (Fsp3) is 0.0137. The van der Waals surface area contributed by atoms with Crippen molar-refractivity contribution in [2.75, 3.05) is 4.90 Å². The zero-order chi connectivity index (χ0) is 51.1. The number of nitrogens with zero attached hydrogens (tertiary/aromatic N) is 3. The smallest absolute Gasteiger partial charge is 0.160 e. The summed E-state index contributed by atoms with van der Waals surface area (Å²) in [6.07, 6.45) is 0. The number of aromatic nitrogens is 2. The summed E-state index contributed by atoms with van der Waals surface area (Å²) in [5.41, 5.74) is 20.7. The van der Waals surface area contributed by atoms with Crippen molar-refractivity contribution in [3.8, 4) is 56.0 Å². The van der Waals surface area contributed by atoms with Gasteiger partial charge in [-0.25, -0.2) is 9.97 Å². The van der Waals surface area contributed by atoms with Gasteiger partial charge in [0.15, 0.2) is 5.82 Å². The molecule has 0 amide bonds. The first-order chi connectivity index (χ1) is 38.7. The summed E-state index contributed by atoms with van der Waals surface area (Å²) in [6, 6.07) is 95.2. The monoisotopic (exact) mass is 1010 g/mol. The van der Waals surface area contributed by atoms with Gasteiger partial charge in [0, 0.05) is 60.1 Å². The maximum atomic E-state index is 6.97. The number of fused-ring (bicyclic) bond motifs is 19. The Hall–Kier alpha value is -9.94. The van der Waals surface area contributed by atoms with Gasteiger partial charge in [0.1, 0.15) is 11.2 Å². The van der Waals surface area contributed by atoms with Gasteiger partial charge in [-0.2, -0.15) is 0 Å². The molecule has 0 unspecified atom stereocenters. The average Bonchev–Trinajstić information content (AvgIpc) is 3.30. The fourth-order valence-corrected chi connectivity index (χ4v) is 14.6. The van der Waals surface area contributed by atoms with E-state index in [2.05, 4.69) is 266 Å². The van der Waals surface area contributed by atoms with Gasteiger partial charge in [-0.15, -0.1) is 11.3 Å². The van der Waals surface area contributed by atoms with Crippen LogP contribution in [0.5, 0.6) is 0 Å². The Labute approximate surface area is 453 Å². The Morgan fingerprint density at radius 2 is 1.03 bits per heavy atom. The number of rotatable bonds is 6. The van der Waals surface area contributed by atoms with E-state index in [9.17, 15) is 0 Å². The molecular formula is C73H43N3OS. The highest BCUT2D eigenvalue weighted by Crippen LogP contribution is 2.64. The highest BCUT2D eigenvalue weighted by molar-refractivity contribution is 7.26. The second-order valence-corrected chi connectivity index (χ2v) is 21.7. The van der Waals surface area contributed by atoms with Crippen molar-refractivity contribution >= 4 is 92.2 Å². The van der Waals surface area contributed by atoms with Crippen LogP contribution in [0.1, 0.15) is 22.3 Å². The number of furan rings is 1. The molecule has 0 saturated heterocycles. The van der Waals surface area contributed by atoms with Crippen LogP contribution in [-0.2, 0) is 5.41 Å². The third kappa shape index (κ3) is 6.10. The van der Waals surface area contributed by atoms with Crippen molar-refractivity contribution < 1.29 is 4.42 Å². The average molecular weight is 1010 g/mol. The van der Waals surface area contributed by atoms with E-state index >= 15 is 0 Å². The standard InChI is InChI=1S/C73H43N3OS/c1-3-18-44(19-4-1)56-42-57-52-26-11-15-31-61(52)73(59-29-13-9-24-50(59)51-25-10-14-30-60(51)73)62(57)43-65(56)76(64-32-17-28-55-54-27-12-16-33-68(54)78-71(55)64)48-36-37-53-58-40-47(35-39-66(58)77-67(53)41-48)72-74-63-38-34-45-20-7-8-23-49(45)69(63)70(75-72)46-21-5-2-6-22-46/h1-43H. The first-order valence-corrected chi connectivity index (χ1v) is 27.4. The van der Waals surface area contributed by atoms with E-state index in [0.29, 0.717) is 5.82 Å². The minimum Gasteiger partial charge on any atom is -0.456 e. The van der Waals surface area contributed by atoms with Crippen LogP contribution in [0.15, 0.2) is 265 Å². The van der Waals surface area contributed by atoms with Crippen LogP contribution in [0.4, 0.5) is 17.1 Å². The highest BCUT2D eigenvalue weighted by atomic mass is 32.1. The van der Waals surface area contributed by atoms with Gasteiger partial charge >= 0.3 is 0 Å². The van der Waals surface area contributed by atoms with E-state index in [4.69, 9.17) is 14.4 Å². The van der Waals surface area contributed by atoms with Crippen LogP contribution in [0.25, 0.3) is 120 Å². The summed E-state index contributed by atoms with van der Waals surface area (Å²) in [7, 11) is 0. The van der Waals surface area contributed by atoms with Crippen LogP contribution >= 0.6 is 11.3 Å². The van der Waals surface area contributed by atoms with Gasteiger partial charge in [-0.05, 0) is 122 Å². The minimum atomic E-state index is -0.539. The molecule has 0 saturated carbocycles. The zero-order valence-electron chi connectivity index (χ0n) is 42.0. The predicted octanol–water partition coefficient (Wildman–Crippen LogP) is 19.9. The summed E-state index contributed by atoms with van der Waals surface area (Å²) < 4.78 is 9.45. The fourth-order valence-electron chi connectivity index (χ4n) is 13.4. The molecule has 2 aliphatic carbocycles. The molecule has 362 valence electrons. The summed E-state index contributed by atoms with van der Waals surface area (Å²) in [5.74, 6) is 0.671. The van der Waals surface area contributed by atoms with Crippen LogP contribution in [0.2, 0.25) is 0 Å². The Balaban J connectivity index is 0.909. The van der Waals surface area contributed by atoms with E-state index in [1.54, 1.807) is 0 Å². The molecule has 17 rings (SSSR count). The zero-order valence-corrected chi connectivity index (χ0v) is 42.8. The summed E-state index contributed by atoms with van der Waals surface area (Å²) in [6.45, 7) is 0. The second-order valence-electron chi connectivity index (χ2n) is 20.7. The van der Waals surface area contributed by atoms with Gasteiger partial charge in [0.05, 0.1) is 32.7 Å². The highest BCUT2D eigenvalue weighted by Gasteiger charge is 2.52. The molecule has 4 nitrogen and oxygen atoms in total. The quantitative estimate of drug-likeness (QED) is 0.156. The van der Waals surface area contributed by atoms with Crippen molar-refractivity contribution in [2.45, 2.75) is 5.41 Å². The van der Waals surface area contributed by atoms with E-state index in [1.807, 2.05) is 11.3 Å². The lowest BCUT2D eigenvalue weighted by atomic mass is 9.70. The number of hydrogen-bond donors (Lipinski definition) is 0. The molecule has 0 atom stereocenters. The van der Waals surface area contributed by atoms with E-state index < -0.39 is 5.41 Å². The van der Waals surface area contributed by atoms with E-state index in [-0.39, 0.29) is 0 Å². The maximum Gasteiger partial charge on any atom is 0.160 e. The Kier molecular flexibility index (Phi) is 9.18. The molecular weight excluding hydrogens is 967 g/mol. The second kappa shape index (κ2) is 16.5. The molecule has 78 heavy (non-hydrogen) atoms. The molecule has 0 N–H and O–H groups in total. The minimum absolute atomic E-state index is 0.539. The van der Waals surface area contributed by atoms with Crippen LogP contribution < -0.4 is 4.90 Å². The lowest BCUT2D eigenvalue weighted by Gasteiger charge is -2.33. The van der Waals surface area contributed by atoms with Crippen molar-refractivity contribution in [3.63, 3.8) is 0 Å². The van der Waals surface area contributed by atoms with Gasteiger partial charge in [-0.3, -0.25) is 0 Å². The molecule has 1 spiro atoms. The predicted molar refractivity (Wildman–Crippen MR) is 325 cm³/mol.